The number of Topliss-reactive ketones (excluding diaryl/α,β-unsaturated/α-hetero) is 2. The molecule has 1 fully saturated rings. The van der Waals surface area contributed by atoms with Crippen LogP contribution in [0.3, 0.4) is 0 Å². The largest absolute Gasteiger partial charge is 0.508 e. The Morgan fingerprint density at radius 1 is 1.03 bits per heavy atom. The molecular formula is C28H27N3O8. The Morgan fingerprint density at radius 3 is 2.33 bits per heavy atom. The van der Waals surface area contributed by atoms with E-state index < -0.39 is 64.0 Å². The smallest absolute Gasteiger partial charge is 0.255 e. The predicted molar refractivity (Wildman–Crippen MR) is 138 cm³/mol. The second-order valence-electron chi connectivity index (χ2n) is 10.4. The van der Waals surface area contributed by atoms with Crippen LogP contribution in [0, 0.1) is 11.8 Å². The van der Waals surface area contributed by atoms with E-state index in [9.17, 15) is 39.6 Å². The summed E-state index contributed by atoms with van der Waals surface area (Å²) in [5.41, 5.74) is 8.85. The van der Waals surface area contributed by atoms with Crippen molar-refractivity contribution in [3.8, 4) is 16.9 Å². The van der Waals surface area contributed by atoms with Gasteiger partial charge < -0.3 is 31.9 Å². The molecule has 0 aromatic heterocycles. The zero-order valence-corrected chi connectivity index (χ0v) is 21.1. The average Bonchev–Trinajstić information content (AvgIpc) is 2.86. The van der Waals surface area contributed by atoms with E-state index in [4.69, 9.17) is 11.5 Å². The molecule has 1 unspecified atom stereocenters. The van der Waals surface area contributed by atoms with E-state index in [1.807, 2.05) is 0 Å². The third-order valence-electron chi connectivity index (χ3n) is 8.06. The Bertz CT molecular complexity index is 1560. The third kappa shape index (κ3) is 3.57. The number of nitrogens with zero attached hydrogens (tertiary/aromatic N) is 1. The number of phenolic OH excluding ortho intramolecular Hbond substituents is 1. The molecule has 2 aromatic carbocycles. The average molecular weight is 534 g/mol. The molecule has 0 bridgehead atoms. The number of phenols is 1. The van der Waals surface area contributed by atoms with Crippen molar-refractivity contribution < 1.29 is 39.6 Å². The van der Waals surface area contributed by atoms with Crippen molar-refractivity contribution in [3.05, 3.63) is 70.0 Å². The van der Waals surface area contributed by atoms with E-state index in [0.717, 1.165) is 0 Å². The minimum absolute atomic E-state index is 0.0256. The van der Waals surface area contributed by atoms with E-state index in [2.05, 4.69) is 0 Å². The first-order chi connectivity index (χ1) is 18.3. The monoisotopic (exact) mass is 533 g/mol. The predicted octanol–water partition coefficient (Wildman–Crippen LogP) is 0.730. The number of rotatable bonds is 4. The van der Waals surface area contributed by atoms with Crippen LogP contribution < -0.4 is 11.5 Å². The first kappa shape index (κ1) is 26.1. The Labute approximate surface area is 222 Å². The quantitative estimate of drug-likeness (QED) is 0.306. The van der Waals surface area contributed by atoms with E-state index in [-0.39, 0.29) is 35.3 Å². The van der Waals surface area contributed by atoms with Crippen molar-refractivity contribution in [3.63, 3.8) is 0 Å². The number of benzene rings is 2. The Kier molecular flexibility index (Phi) is 5.89. The van der Waals surface area contributed by atoms with Crippen molar-refractivity contribution in [1.29, 1.82) is 0 Å². The van der Waals surface area contributed by atoms with Crippen LogP contribution in [0.15, 0.2) is 53.3 Å². The van der Waals surface area contributed by atoms with Crippen LogP contribution in [0.1, 0.15) is 27.9 Å². The number of aliphatic hydroxyl groups is 3. The molecule has 1 saturated carbocycles. The molecule has 0 aliphatic heterocycles. The van der Waals surface area contributed by atoms with Gasteiger partial charge >= 0.3 is 0 Å². The molecule has 11 heteroatoms. The minimum Gasteiger partial charge on any atom is -0.508 e. The topological polar surface area (TPSA) is 204 Å². The number of fused-ring (bicyclic) bond motifs is 3. The van der Waals surface area contributed by atoms with Gasteiger partial charge in [0.2, 0.25) is 11.7 Å². The maximum atomic E-state index is 13.9. The summed E-state index contributed by atoms with van der Waals surface area (Å²) in [5, 5.41) is 44.7. The van der Waals surface area contributed by atoms with Crippen molar-refractivity contribution in [2.45, 2.75) is 24.5 Å². The van der Waals surface area contributed by atoms with Gasteiger partial charge in [-0.3, -0.25) is 24.1 Å². The SMILES string of the molecule is CN(C)C1C(=O)C(C(N)=O)=C(O)[C@@]2(O)C(=O)C3=C(O)c4c(O)ccc(-c5cccc(C(N)=O)c5)c4C[C@H]3C[C@@H]12. The number of carbonyl (C=O) groups excluding carboxylic acids is 4. The molecule has 5 rings (SSSR count). The first-order valence-electron chi connectivity index (χ1n) is 12.2. The highest BCUT2D eigenvalue weighted by atomic mass is 16.3. The number of aromatic hydroxyl groups is 1. The van der Waals surface area contributed by atoms with Crippen molar-refractivity contribution in [2.75, 3.05) is 14.1 Å². The first-order valence-corrected chi connectivity index (χ1v) is 12.2. The summed E-state index contributed by atoms with van der Waals surface area (Å²) in [5.74, 6) is -7.76. The lowest BCUT2D eigenvalue weighted by Crippen LogP contribution is -2.65. The fourth-order valence-electron chi connectivity index (χ4n) is 6.35. The van der Waals surface area contributed by atoms with Gasteiger partial charge in [0.15, 0.2) is 11.4 Å². The van der Waals surface area contributed by atoms with Crippen LogP contribution in [0.2, 0.25) is 0 Å². The summed E-state index contributed by atoms with van der Waals surface area (Å²) >= 11 is 0. The summed E-state index contributed by atoms with van der Waals surface area (Å²) in [6.45, 7) is 0. The van der Waals surface area contributed by atoms with Crippen molar-refractivity contribution >= 4 is 29.1 Å². The number of ketones is 2. The Balaban J connectivity index is 1.73. The molecular weight excluding hydrogens is 506 g/mol. The summed E-state index contributed by atoms with van der Waals surface area (Å²) in [6.07, 6.45) is 0.0985. The molecule has 2 aromatic rings. The van der Waals surface area contributed by atoms with Gasteiger partial charge in [0.25, 0.3) is 5.91 Å². The van der Waals surface area contributed by atoms with E-state index in [1.54, 1.807) is 30.3 Å². The summed E-state index contributed by atoms with van der Waals surface area (Å²) in [4.78, 5) is 52.4. The summed E-state index contributed by atoms with van der Waals surface area (Å²) < 4.78 is 0. The van der Waals surface area contributed by atoms with Gasteiger partial charge in [-0.25, -0.2) is 0 Å². The Morgan fingerprint density at radius 2 is 1.72 bits per heavy atom. The van der Waals surface area contributed by atoms with Crippen LogP contribution in [-0.2, 0) is 20.8 Å². The molecule has 0 spiro atoms. The molecule has 11 nitrogen and oxygen atoms in total. The van der Waals surface area contributed by atoms with Crippen LogP contribution in [-0.4, -0.2) is 74.4 Å². The van der Waals surface area contributed by atoms with E-state index >= 15 is 0 Å². The lowest BCUT2D eigenvalue weighted by atomic mass is 9.57. The lowest BCUT2D eigenvalue weighted by molar-refractivity contribution is -0.153. The molecule has 3 aliphatic rings. The number of nitrogens with two attached hydrogens (primary N) is 2. The molecule has 8 N–H and O–H groups in total. The lowest BCUT2D eigenvalue weighted by Gasteiger charge is -2.50. The number of primary amides is 2. The van der Waals surface area contributed by atoms with Crippen LogP contribution in [0.4, 0.5) is 0 Å². The molecule has 0 saturated heterocycles. The van der Waals surface area contributed by atoms with Crippen LogP contribution in [0.5, 0.6) is 5.75 Å². The number of aliphatic hydroxyl groups excluding tert-OH is 2. The molecule has 3 aliphatic carbocycles. The van der Waals surface area contributed by atoms with Gasteiger partial charge in [-0.2, -0.15) is 0 Å². The molecule has 39 heavy (non-hydrogen) atoms. The maximum Gasteiger partial charge on any atom is 0.255 e. The highest BCUT2D eigenvalue weighted by Crippen LogP contribution is 2.53. The standard InChI is InChI=1S/C28H27N3O8/c1-31(2)21-16-10-13-9-15-14(11-4-3-5-12(8-11)26(29)37)6-7-17(32)19(15)22(33)18(13)24(35)28(16,39)25(36)20(23(21)34)27(30)38/h3-8,13,16,21,32-33,36,39H,9-10H2,1-2H3,(H2,29,37)(H2,30,38)/t13-,16-,21?,28-/m0/s1. The van der Waals surface area contributed by atoms with Gasteiger partial charge in [0.1, 0.15) is 22.8 Å². The van der Waals surface area contributed by atoms with Gasteiger partial charge in [0.05, 0.1) is 11.6 Å². The fourth-order valence-corrected chi connectivity index (χ4v) is 6.35. The van der Waals surface area contributed by atoms with Gasteiger partial charge in [-0.1, -0.05) is 18.2 Å². The van der Waals surface area contributed by atoms with Gasteiger partial charge in [-0.05, 0) is 67.7 Å². The second-order valence-corrected chi connectivity index (χ2v) is 10.4. The number of likely N-dealkylation sites (N-methyl/N-ethyl adjacent to an activating group) is 1. The van der Waals surface area contributed by atoms with Crippen molar-refractivity contribution in [1.82, 2.24) is 4.90 Å². The second kappa shape index (κ2) is 8.79. The van der Waals surface area contributed by atoms with E-state index in [1.165, 1.54) is 25.1 Å². The Hall–Kier alpha value is -4.48. The highest BCUT2D eigenvalue weighted by Gasteiger charge is 2.64. The maximum absolute atomic E-state index is 13.9. The van der Waals surface area contributed by atoms with Gasteiger partial charge in [-0.15, -0.1) is 0 Å². The number of carbonyl (C=O) groups is 4. The number of hydrogen-bond donors (Lipinski definition) is 6. The number of hydrogen-bond acceptors (Lipinski definition) is 9. The zero-order valence-electron chi connectivity index (χ0n) is 21.1. The third-order valence-corrected chi connectivity index (χ3v) is 8.06. The zero-order chi connectivity index (χ0) is 28.5. The highest BCUT2D eigenvalue weighted by molar-refractivity contribution is 6.24. The summed E-state index contributed by atoms with van der Waals surface area (Å²) in [6, 6.07) is 8.28. The van der Waals surface area contributed by atoms with Gasteiger partial charge in [0, 0.05) is 17.1 Å². The van der Waals surface area contributed by atoms with E-state index in [0.29, 0.717) is 16.7 Å². The molecule has 0 radical (unpaired) electrons. The van der Waals surface area contributed by atoms with Crippen molar-refractivity contribution in [2.24, 2.45) is 23.3 Å². The molecule has 2 amide bonds. The number of amides is 2. The minimum atomic E-state index is -2.70. The normalized spacial score (nSPS) is 26.3. The molecule has 202 valence electrons. The molecule has 0 heterocycles. The van der Waals surface area contributed by atoms with Crippen LogP contribution in [0.25, 0.3) is 16.9 Å². The fraction of sp³-hybridized carbons (Fsp3) is 0.286. The summed E-state index contributed by atoms with van der Waals surface area (Å²) in [7, 11) is 3.07. The van der Waals surface area contributed by atoms with Crippen LogP contribution >= 0.6 is 0 Å². The molecule has 4 atom stereocenters.